The second-order valence-electron chi connectivity index (χ2n) is 4.70. The molecule has 0 aliphatic heterocycles. The number of hydrogen-bond donors (Lipinski definition) is 1. The topological polar surface area (TPSA) is 51.3 Å². The van der Waals surface area contributed by atoms with Gasteiger partial charge in [0, 0.05) is 17.0 Å². The lowest BCUT2D eigenvalue weighted by atomic mass is 10.2. The summed E-state index contributed by atoms with van der Waals surface area (Å²) in [6.07, 6.45) is 0. The molecule has 21 heavy (non-hydrogen) atoms. The number of aromatic amines is 1. The van der Waals surface area contributed by atoms with Gasteiger partial charge in [-0.1, -0.05) is 30.3 Å². The molecule has 0 unspecified atom stereocenters. The Kier molecular flexibility index (Phi) is 3.60. The standard InChI is InChI=1S/C17H15NO3/c1-20-17(19)16-9-13-7-8-14(10-15(13)18-16)21-11-12-5-3-2-4-6-12/h2-10,18H,11H2,1H3. The van der Waals surface area contributed by atoms with Crippen molar-refractivity contribution >= 4 is 16.9 Å². The number of H-pyrrole nitrogens is 1. The highest BCUT2D eigenvalue weighted by Crippen LogP contribution is 2.22. The van der Waals surface area contributed by atoms with E-state index < -0.39 is 0 Å². The molecule has 0 amide bonds. The normalized spacial score (nSPS) is 10.5. The summed E-state index contributed by atoms with van der Waals surface area (Å²) >= 11 is 0. The van der Waals surface area contributed by atoms with Gasteiger partial charge in [0.2, 0.25) is 0 Å². The van der Waals surface area contributed by atoms with E-state index in [4.69, 9.17) is 9.47 Å². The molecule has 0 fully saturated rings. The van der Waals surface area contributed by atoms with Gasteiger partial charge < -0.3 is 14.5 Å². The van der Waals surface area contributed by atoms with Crippen LogP contribution in [0, 0.1) is 0 Å². The summed E-state index contributed by atoms with van der Waals surface area (Å²) in [4.78, 5) is 14.5. The average molecular weight is 281 g/mol. The van der Waals surface area contributed by atoms with Crippen LogP contribution in [0.2, 0.25) is 0 Å². The molecular weight excluding hydrogens is 266 g/mol. The predicted octanol–water partition coefficient (Wildman–Crippen LogP) is 3.53. The smallest absolute Gasteiger partial charge is 0.354 e. The molecule has 2 aromatic carbocycles. The van der Waals surface area contributed by atoms with Crippen LogP contribution in [0.25, 0.3) is 10.9 Å². The summed E-state index contributed by atoms with van der Waals surface area (Å²) in [5, 5.41) is 0.947. The quantitative estimate of drug-likeness (QED) is 0.744. The molecule has 0 atom stereocenters. The summed E-state index contributed by atoms with van der Waals surface area (Å²) in [5.74, 6) is 0.377. The van der Waals surface area contributed by atoms with Gasteiger partial charge in [-0.2, -0.15) is 0 Å². The zero-order valence-corrected chi connectivity index (χ0v) is 11.6. The van der Waals surface area contributed by atoms with Gasteiger partial charge in [0.1, 0.15) is 18.1 Å². The summed E-state index contributed by atoms with van der Waals surface area (Å²) in [7, 11) is 1.36. The van der Waals surface area contributed by atoms with Crippen LogP contribution in [0.4, 0.5) is 0 Å². The third-order valence-electron chi connectivity index (χ3n) is 3.25. The lowest BCUT2D eigenvalue weighted by molar-refractivity contribution is 0.0595. The Morgan fingerprint density at radius 2 is 1.90 bits per heavy atom. The van der Waals surface area contributed by atoms with Crippen molar-refractivity contribution in [2.24, 2.45) is 0 Å². The number of fused-ring (bicyclic) bond motifs is 1. The summed E-state index contributed by atoms with van der Waals surface area (Å²) < 4.78 is 10.5. The molecule has 0 radical (unpaired) electrons. The van der Waals surface area contributed by atoms with Gasteiger partial charge in [0.15, 0.2) is 0 Å². The van der Waals surface area contributed by atoms with Crippen molar-refractivity contribution in [2.45, 2.75) is 6.61 Å². The number of methoxy groups -OCH3 is 1. The van der Waals surface area contributed by atoms with Crippen molar-refractivity contribution in [1.82, 2.24) is 4.98 Å². The van der Waals surface area contributed by atoms with Crippen LogP contribution >= 0.6 is 0 Å². The van der Waals surface area contributed by atoms with E-state index in [9.17, 15) is 4.79 Å². The van der Waals surface area contributed by atoms with Crippen LogP contribution in [-0.4, -0.2) is 18.1 Å². The maximum atomic E-state index is 11.5. The fourth-order valence-corrected chi connectivity index (χ4v) is 2.16. The van der Waals surface area contributed by atoms with Crippen LogP contribution < -0.4 is 4.74 Å². The monoisotopic (exact) mass is 281 g/mol. The van der Waals surface area contributed by atoms with E-state index in [1.54, 1.807) is 6.07 Å². The molecule has 0 saturated heterocycles. The maximum absolute atomic E-state index is 11.5. The molecule has 0 bridgehead atoms. The highest BCUT2D eigenvalue weighted by atomic mass is 16.5. The van der Waals surface area contributed by atoms with E-state index in [0.29, 0.717) is 12.3 Å². The van der Waals surface area contributed by atoms with E-state index in [1.807, 2.05) is 48.5 Å². The van der Waals surface area contributed by atoms with E-state index in [0.717, 1.165) is 22.2 Å². The van der Waals surface area contributed by atoms with Gasteiger partial charge >= 0.3 is 5.97 Å². The zero-order chi connectivity index (χ0) is 14.7. The van der Waals surface area contributed by atoms with Gasteiger partial charge in [0.25, 0.3) is 0 Å². The number of aromatic nitrogens is 1. The van der Waals surface area contributed by atoms with Crippen molar-refractivity contribution in [1.29, 1.82) is 0 Å². The first-order valence-corrected chi connectivity index (χ1v) is 6.64. The van der Waals surface area contributed by atoms with Gasteiger partial charge in [-0.3, -0.25) is 0 Å². The van der Waals surface area contributed by atoms with Crippen molar-refractivity contribution in [3.05, 3.63) is 65.9 Å². The Morgan fingerprint density at radius 1 is 1.10 bits per heavy atom. The zero-order valence-electron chi connectivity index (χ0n) is 11.6. The lowest BCUT2D eigenvalue weighted by Crippen LogP contribution is -2.00. The van der Waals surface area contributed by atoms with Gasteiger partial charge in [-0.05, 0) is 23.8 Å². The van der Waals surface area contributed by atoms with Crippen LogP contribution in [0.1, 0.15) is 16.1 Å². The number of hydrogen-bond acceptors (Lipinski definition) is 3. The minimum atomic E-state index is -0.377. The first-order valence-electron chi connectivity index (χ1n) is 6.64. The summed E-state index contributed by atoms with van der Waals surface area (Å²) in [5.41, 5.74) is 2.40. The largest absolute Gasteiger partial charge is 0.489 e. The molecule has 0 aliphatic carbocycles. The Labute approximate surface area is 122 Å². The number of carbonyl (C=O) groups is 1. The highest BCUT2D eigenvalue weighted by molar-refractivity contribution is 5.95. The molecule has 4 nitrogen and oxygen atoms in total. The van der Waals surface area contributed by atoms with E-state index in [1.165, 1.54) is 7.11 Å². The molecular formula is C17H15NO3. The molecule has 0 aliphatic rings. The first-order chi connectivity index (χ1) is 10.3. The second-order valence-corrected chi connectivity index (χ2v) is 4.70. The van der Waals surface area contributed by atoms with Crippen LogP contribution in [0.3, 0.4) is 0 Å². The first kappa shape index (κ1) is 13.2. The fourth-order valence-electron chi connectivity index (χ4n) is 2.16. The summed E-state index contributed by atoms with van der Waals surface area (Å²) in [6, 6.07) is 17.4. The van der Waals surface area contributed by atoms with Crippen molar-refractivity contribution in [3.8, 4) is 5.75 Å². The molecule has 3 rings (SSSR count). The van der Waals surface area contributed by atoms with Gasteiger partial charge in [-0.25, -0.2) is 4.79 Å². The number of benzene rings is 2. The van der Waals surface area contributed by atoms with Crippen molar-refractivity contribution in [2.75, 3.05) is 7.11 Å². The summed E-state index contributed by atoms with van der Waals surface area (Å²) in [6.45, 7) is 0.511. The third kappa shape index (κ3) is 2.89. The predicted molar refractivity (Wildman–Crippen MR) is 80.4 cm³/mol. The number of esters is 1. The highest BCUT2D eigenvalue weighted by Gasteiger charge is 2.09. The maximum Gasteiger partial charge on any atom is 0.354 e. The van der Waals surface area contributed by atoms with E-state index in [-0.39, 0.29) is 5.97 Å². The molecule has 4 heteroatoms. The Morgan fingerprint density at radius 3 is 2.67 bits per heavy atom. The molecule has 1 heterocycles. The molecule has 3 aromatic rings. The molecule has 1 aromatic heterocycles. The Balaban J connectivity index is 1.79. The van der Waals surface area contributed by atoms with Gasteiger partial charge in [0.05, 0.1) is 7.11 Å². The minimum Gasteiger partial charge on any atom is -0.489 e. The minimum absolute atomic E-state index is 0.377. The number of carbonyl (C=O) groups excluding carboxylic acids is 1. The average Bonchev–Trinajstić information content (AvgIpc) is 2.96. The van der Waals surface area contributed by atoms with E-state index in [2.05, 4.69) is 4.98 Å². The van der Waals surface area contributed by atoms with Crippen molar-refractivity contribution in [3.63, 3.8) is 0 Å². The molecule has 0 spiro atoms. The van der Waals surface area contributed by atoms with Gasteiger partial charge in [-0.15, -0.1) is 0 Å². The number of ether oxygens (including phenoxy) is 2. The Hall–Kier alpha value is -2.75. The lowest BCUT2D eigenvalue weighted by Gasteiger charge is -2.06. The number of nitrogens with one attached hydrogen (secondary N) is 1. The van der Waals surface area contributed by atoms with Crippen LogP contribution in [0.15, 0.2) is 54.6 Å². The SMILES string of the molecule is COC(=O)c1cc2ccc(OCc3ccccc3)cc2[nH]1. The van der Waals surface area contributed by atoms with Crippen molar-refractivity contribution < 1.29 is 14.3 Å². The molecule has 0 saturated carbocycles. The molecule has 1 N–H and O–H groups in total. The van der Waals surface area contributed by atoms with Crippen LogP contribution in [-0.2, 0) is 11.3 Å². The van der Waals surface area contributed by atoms with Crippen LogP contribution in [0.5, 0.6) is 5.75 Å². The number of rotatable bonds is 4. The second kappa shape index (κ2) is 5.71. The molecule has 106 valence electrons. The Bertz CT molecular complexity index is 762. The van der Waals surface area contributed by atoms with E-state index >= 15 is 0 Å². The fraction of sp³-hybridized carbons (Fsp3) is 0.118. The third-order valence-corrected chi connectivity index (χ3v) is 3.25.